The van der Waals surface area contributed by atoms with Crippen molar-refractivity contribution in [3.05, 3.63) is 11.1 Å². The van der Waals surface area contributed by atoms with Gasteiger partial charge in [0.25, 0.3) is 0 Å². The molecule has 0 saturated carbocycles. The molecule has 0 unspecified atom stereocenters. The lowest BCUT2D eigenvalue weighted by molar-refractivity contribution is 0.869. The highest BCUT2D eigenvalue weighted by Gasteiger charge is 1.96. The Labute approximate surface area is 70.5 Å². The van der Waals surface area contributed by atoms with Gasteiger partial charge in [0.15, 0.2) is 5.13 Å². The van der Waals surface area contributed by atoms with Crippen LogP contribution in [0.4, 0.5) is 5.13 Å². The van der Waals surface area contributed by atoms with Gasteiger partial charge in [-0.2, -0.15) is 0 Å². The topological polar surface area (TPSA) is 38.9 Å². The van der Waals surface area contributed by atoms with Crippen LogP contribution >= 0.6 is 11.3 Å². The summed E-state index contributed by atoms with van der Waals surface area (Å²) >= 11 is 1.54. The van der Waals surface area contributed by atoms with Gasteiger partial charge in [0.05, 0.1) is 0 Å². The molecule has 0 fully saturated rings. The first-order chi connectivity index (χ1) is 5.33. The minimum absolute atomic E-state index is 0.640. The Morgan fingerprint density at radius 3 is 3.09 bits per heavy atom. The molecule has 0 spiro atoms. The lowest BCUT2D eigenvalue weighted by Gasteiger charge is -1.89. The monoisotopic (exact) mass is 166 g/mol. The van der Waals surface area contributed by atoms with Gasteiger partial charge in [0.2, 0.25) is 0 Å². The van der Waals surface area contributed by atoms with Gasteiger partial charge in [-0.25, -0.2) is 4.98 Å². The molecule has 0 saturated heterocycles. The molecule has 58 valence electrons. The van der Waals surface area contributed by atoms with Crippen molar-refractivity contribution in [3.8, 4) is 12.3 Å². The number of aromatic nitrogens is 1. The number of aryl methyl sites for hydroxylation is 1. The fourth-order valence-electron chi connectivity index (χ4n) is 0.803. The zero-order valence-electron chi connectivity index (χ0n) is 6.21. The summed E-state index contributed by atoms with van der Waals surface area (Å²) in [6.45, 7) is 0. The van der Waals surface area contributed by atoms with Crippen molar-refractivity contribution in [2.75, 3.05) is 5.73 Å². The van der Waals surface area contributed by atoms with Crippen LogP contribution in [0.3, 0.4) is 0 Å². The van der Waals surface area contributed by atoms with Crippen LogP contribution in [0.25, 0.3) is 0 Å². The molecule has 3 heteroatoms. The van der Waals surface area contributed by atoms with Gasteiger partial charge in [-0.15, -0.1) is 23.7 Å². The van der Waals surface area contributed by atoms with Crippen molar-refractivity contribution in [3.63, 3.8) is 0 Å². The molecule has 1 aromatic heterocycles. The third-order valence-corrected chi connectivity index (χ3v) is 2.20. The Morgan fingerprint density at radius 1 is 1.73 bits per heavy atom. The second-order valence-electron chi connectivity index (χ2n) is 2.22. The number of hydrogen-bond acceptors (Lipinski definition) is 3. The number of terminal acetylenes is 1. The van der Waals surface area contributed by atoms with Gasteiger partial charge >= 0.3 is 0 Å². The first kappa shape index (κ1) is 8.09. The van der Waals surface area contributed by atoms with E-state index in [2.05, 4.69) is 10.9 Å². The first-order valence-electron chi connectivity index (χ1n) is 3.46. The van der Waals surface area contributed by atoms with E-state index in [9.17, 15) is 0 Å². The Morgan fingerprint density at radius 2 is 2.55 bits per heavy atom. The van der Waals surface area contributed by atoms with Crippen molar-refractivity contribution in [1.82, 2.24) is 4.98 Å². The fourth-order valence-corrected chi connectivity index (χ4v) is 1.53. The van der Waals surface area contributed by atoms with Crippen molar-refractivity contribution < 1.29 is 0 Å². The summed E-state index contributed by atoms with van der Waals surface area (Å²) in [5, 5.41) is 0.640. The number of nitrogens with zero attached hydrogens (tertiary/aromatic N) is 1. The van der Waals surface area contributed by atoms with Gasteiger partial charge in [-0.05, 0) is 12.8 Å². The smallest absolute Gasteiger partial charge is 0.180 e. The Balaban J connectivity index is 2.34. The predicted octanol–water partition coefficient (Wildman–Crippen LogP) is 1.68. The fraction of sp³-hybridized carbons (Fsp3) is 0.375. The van der Waals surface area contributed by atoms with Gasteiger partial charge in [-0.1, -0.05) is 0 Å². The molecule has 2 nitrogen and oxygen atoms in total. The van der Waals surface area contributed by atoms with Crippen LogP contribution in [-0.2, 0) is 6.42 Å². The molecule has 0 amide bonds. The van der Waals surface area contributed by atoms with E-state index in [1.165, 1.54) is 16.2 Å². The van der Waals surface area contributed by atoms with Crippen molar-refractivity contribution >= 4 is 16.5 Å². The SMILES string of the molecule is C#CCCCc1cnc(N)s1. The Bertz CT molecular complexity index is 259. The van der Waals surface area contributed by atoms with Crippen LogP contribution in [0, 0.1) is 12.3 Å². The van der Waals surface area contributed by atoms with E-state index >= 15 is 0 Å². The molecule has 0 aromatic carbocycles. The highest BCUT2D eigenvalue weighted by Crippen LogP contribution is 2.16. The minimum atomic E-state index is 0.640. The molecule has 11 heavy (non-hydrogen) atoms. The van der Waals surface area contributed by atoms with E-state index < -0.39 is 0 Å². The van der Waals surface area contributed by atoms with Gasteiger partial charge in [0.1, 0.15) is 0 Å². The van der Waals surface area contributed by atoms with Crippen LogP contribution in [0.1, 0.15) is 17.7 Å². The number of anilines is 1. The second-order valence-corrected chi connectivity index (χ2v) is 3.37. The highest BCUT2D eigenvalue weighted by molar-refractivity contribution is 7.15. The standard InChI is InChI=1S/C8H10N2S/c1-2-3-4-5-7-6-10-8(9)11-7/h1,6H,3-5H2,(H2,9,10). The van der Waals surface area contributed by atoms with Crippen LogP contribution in [0.5, 0.6) is 0 Å². The maximum absolute atomic E-state index is 5.45. The predicted molar refractivity (Wildman–Crippen MR) is 48.3 cm³/mol. The zero-order chi connectivity index (χ0) is 8.10. The lowest BCUT2D eigenvalue weighted by Crippen LogP contribution is -1.78. The molecule has 0 aliphatic heterocycles. The third-order valence-electron chi connectivity index (χ3n) is 1.32. The van der Waals surface area contributed by atoms with Crippen molar-refractivity contribution in [1.29, 1.82) is 0 Å². The largest absolute Gasteiger partial charge is 0.375 e. The maximum atomic E-state index is 5.45. The molecule has 1 rings (SSSR count). The number of unbranched alkanes of at least 4 members (excludes halogenated alkanes) is 1. The summed E-state index contributed by atoms with van der Waals surface area (Å²) in [6, 6.07) is 0. The van der Waals surface area contributed by atoms with Crippen molar-refractivity contribution in [2.24, 2.45) is 0 Å². The number of nitrogens with two attached hydrogens (primary N) is 1. The summed E-state index contributed by atoms with van der Waals surface area (Å²) in [5.41, 5.74) is 5.45. The summed E-state index contributed by atoms with van der Waals surface area (Å²) < 4.78 is 0. The summed E-state index contributed by atoms with van der Waals surface area (Å²) in [5.74, 6) is 2.60. The Kier molecular flexibility index (Phi) is 2.94. The molecule has 0 aliphatic rings. The van der Waals surface area contributed by atoms with E-state index in [0.717, 1.165) is 19.3 Å². The van der Waals surface area contributed by atoms with Crippen LogP contribution in [0.15, 0.2) is 6.20 Å². The average molecular weight is 166 g/mol. The van der Waals surface area contributed by atoms with E-state index in [-0.39, 0.29) is 0 Å². The molecule has 0 radical (unpaired) electrons. The van der Waals surface area contributed by atoms with Gasteiger partial charge in [0, 0.05) is 17.5 Å². The molecule has 0 aliphatic carbocycles. The number of rotatable bonds is 3. The average Bonchev–Trinajstić information content (AvgIpc) is 2.37. The number of nitrogen functional groups attached to an aromatic ring is 1. The normalized spacial score (nSPS) is 9.36. The number of hydrogen-bond donors (Lipinski definition) is 1. The minimum Gasteiger partial charge on any atom is -0.375 e. The summed E-state index contributed by atoms with van der Waals surface area (Å²) in [6.07, 6.45) is 9.78. The van der Waals surface area contributed by atoms with Crippen LogP contribution < -0.4 is 5.73 Å². The second kappa shape index (κ2) is 3.99. The van der Waals surface area contributed by atoms with Crippen LogP contribution in [-0.4, -0.2) is 4.98 Å². The molecule has 0 atom stereocenters. The van der Waals surface area contributed by atoms with Crippen LogP contribution in [0.2, 0.25) is 0 Å². The molecule has 0 bridgehead atoms. The quantitative estimate of drug-likeness (QED) is 0.548. The molecule has 1 aromatic rings. The number of thiazole rings is 1. The van der Waals surface area contributed by atoms with Crippen molar-refractivity contribution in [2.45, 2.75) is 19.3 Å². The first-order valence-corrected chi connectivity index (χ1v) is 4.28. The maximum Gasteiger partial charge on any atom is 0.180 e. The zero-order valence-corrected chi connectivity index (χ0v) is 7.03. The lowest BCUT2D eigenvalue weighted by atomic mass is 10.2. The Hall–Kier alpha value is -1.01. The van der Waals surface area contributed by atoms with E-state index in [1.54, 1.807) is 0 Å². The van der Waals surface area contributed by atoms with E-state index in [4.69, 9.17) is 12.2 Å². The molecule has 1 heterocycles. The van der Waals surface area contributed by atoms with Gasteiger partial charge < -0.3 is 5.73 Å². The molecule has 2 N–H and O–H groups in total. The molecular weight excluding hydrogens is 156 g/mol. The van der Waals surface area contributed by atoms with Gasteiger partial charge in [-0.3, -0.25) is 0 Å². The molecular formula is C8H10N2S. The third kappa shape index (κ3) is 2.60. The summed E-state index contributed by atoms with van der Waals surface area (Å²) in [7, 11) is 0. The van der Waals surface area contributed by atoms with E-state index in [1.807, 2.05) is 6.20 Å². The summed E-state index contributed by atoms with van der Waals surface area (Å²) in [4.78, 5) is 5.16. The highest BCUT2D eigenvalue weighted by atomic mass is 32.1. The van der Waals surface area contributed by atoms with E-state index in [0.29, 0.717) is 5.13 Å².